The Balaban J connectivity index is -0.0000000171. The molecule has 0 amide bonds. The second-order valence-corrected chi connectivity index (χ2v) is 2.16. The number of hydrogen-bond donors (Lipinski definition) is 0. The maximum absolute atomic E-state index is 3.47. The van der Waals surface area contributed by atoms with Crippen LogP contribution in [0.5, 0.6) is 0 Å². The minimum atomic E-state index is 0. The molecule has 0 aromatic heterocycles. The summed E-state index contributed by atoms with van der Waals surface area (Å²) in [5.41, 5.74) is 0. The van der Waals surface area contributed by atoms with Gasteiger partial charge in [0.05, 0.1) is 0 Å². The van der Waals surface area contributed by atoms with Gasteiger partial charge in [-0.1, -0.05) is 7.43 Å². The zero-order valence-electron chi connectivity index (χ0n) is 7.76. The van der Waals surface area contributed by atoms with Crippen LogP contribution >= 0.6 is 0 Å². The van der Waals surface area contributed by atoms with E-state index >= 15 is 0 Å². The maximum Gasteiger partial charge on any atom is 0 e. The molecule has 0 saturated carbocycles. The molecule has 1 radical (unpaired) electrons. The Labute approximate surface area is 85.8 Å². The summed E-state index contributed by atoms with van der Waals surface area (Å²) in [7, 11) is 14.5. The van der Waals surface area contributed by atoms with Crippen LogP contribution in [0.15, 0.2) is 0 Å². The molecule has 11 heavy (non-hydrogen) atoms. The third kappa shape index (κ3) is 2990. The zero-order valence-corrected chi connectivity index (χ0v) is 9.15. The summed E-state index contributed by atoms with van der Waals surface area (Å²) in [5, 5.41) is 0. The molecule has 0 rings (SSSR count). The van der Waals surface area contributed by atoms with E-state index in [-0.39, 0.29) is 33.4 Å². The molecule has 0 heterocycles. The Morgan fingerprint density at radius 3 is 0.818 bits per heavy atom. The van der Waals surface area contributed by atoms with Crippen molar-refractivity contribution in [1.82, 2.24) is 9.80 Å². The first-order chi connectivity index (χ1) is 3.46. The first-order valence-corrected chi connectivity index (χ1v) is 2.42. The van der Waals surface area contributed by atoms with Crippen LogP contribution in [0.2, 0.25) is 0 Å². The van der Waals surface area contributed by atoms with Gasteiger partial charge >= 0.3 is 0 Å². The summed E-state index contributed by atoms with van der Waals surface area (Å²) in [4.78, 5) is 3.50. The summed E-state index contributed by atoms with van der Waals surface area (Å²) in [6.45, 7) is 0. The standard InChI is InChI=1S/2C3H8N.CH4.CH3.V/c2*1-4(2)3;;;/h2*1H2,2-3H3;1H4;1H3;/q2*-1;;-1;. The molecule has 0 N–H and O–H groups in total. The summed E-state index contributed by atoms with van der Waals surface area (Å²) in [6, 6.07) is 0. The van der Waals surface area contributed by atoms with Crippen LogP contribution in [0.3, 0.4) is 0 Å². The molecule has 0 aliphatic carbocycles. The third-order valence-electron chi connectivity index (χ3n) is 0. The quantitative estimate of drug-likeness (QED) is 0.547. The molecule has 0 unspecified atom stereocenters. The molecule has 0 saturated heterocycles. The molecule has 0 bridgehead atoms. The third-order valence-corrected chi connectivity index (χ3v) is 0. The SMILES string of the molecule is C.[CH2-]N(C)C.[CH2-]N(C)C.[CH3-].[V]. The monoisotopic (exact) mass is 198 g/mol. The molecule has 0 aromatic carbocycles. The van der Waals surface area contributed by atoms with Crippen LogP contribution in [0, 0.1) is 21.5 Å². The predicted octanol–water partition coefficient (Wildman–Crippen LogP) is 1.76. The van der Waals surface area contributed by atoms with E-state index in [1.807, 2.05) is 28.2 Å². The summed E-state index contributed by atoms with van der Waals surface area (Å²) >= 11 is 0. The van der Waals surface area contributed by atoms with Gasteiger partial charge in [0.15, 0.2) is 0 Å². The van der Waals surface area contributed by atoms with Gasteiger partial charge in [0.2, 0.25) is 0 Å². The Kier molecular flexibility index (Phi) is 61.2. The van der Waals surface area contributed by atoms with Crippen LogP contribution in [0.4, 0.5) is 0 Å². The second-order valence-electron chi connectivity index (χ2n) is 2.16. The molecule has 0 fully saturated rings. The van der Waals surface area contributed by atoms with Crippen LogP contribution in [-0.2, 0) is 18.6 Å². The largest absolute Gasteiger partial charge is 0.464 e. The average molecular weight is 198 g/mol. The van der Waals surface area contributed by atoms with Crippen LogP contribution in [0.1, 0.15) is 7.43 Å². The Morgan fingerprint density at radius 2 is 0.818 bits per heavy atom. The van der Waals surface area contributed by atoms with Crippen LogP contribution in [-0.4, -0.2) is 38.0 Å². The number of hydrogen-bond acceptors (Lipinski definition) is 2. The van der Waals surface area contributed by atoms with Gasteiger partial charge in [0.25, 0.3) is 0 Å². The topological polar surface area (TPSA) is 6.48 Å². The first kappa shape index (κ1) is 30.0. The molecule has 0 aliphatic heterocycles. The van der Waals surface area contributed by atoms with Gasteiger partial charge in [0, 0.05) is 18.6 Å². The van der Waals surface area contributed by atoms with Crippen molar-refractivity contribution >= 4 is 0 Å². The van der Waals surface area contributed by atoms with E-state index in [9.17, 15) is 0 Å². The molecule has 3 heteroatoms. The van der Waals surface area contributed by atoms with Gasteiger partial charge in [-0.15, -0.1) is 0 Å². The van der Waals surface area contributed by atoms with Gasteiger partial charge in [0.1, 0.15) is 0 Å². The van der Waals surface area contributed by atoms with E-state index in [1.54, 1.807) is 9.80 Å². The second kappa shape index (κ2) is 22.4. The maximum atomic E-state index is 3.47. The molecule has 73 valence electrons. The van der Waals surface area contributed by atoms with E-state index in [2.05, 4.69) is 14.1 Å². The van der Waals surface area contributed by atoms with Crippen molar-refractivity contribution in [2.45, 2.75) is 7.43 Å². The Hall–Kier alpha value is 0.504. The zero-order chi connectivity index (χ0) is 7.15. The van der Waals surface area contributed by atoms with Crippen molar-refractivity contribution in [1.29, 1.82) is 0 Å². The van der Waals surface area contributed by atoms with Gasteiger partial charge in [-0.3, -0.25) is 14.1 Å². The fourth-order valence-corrected chi connectivity index (χ4v) is 0. The van der Waals surface area contributed by atoms with Gasteiger partial charge in [-0.05, 0) is 28.2 Å². The average Bonchev–Trinajstić information content (AvgIpc) is 1.25. The van der Waals surface area contributed by atoms with E-state index in [0.29, 0.717) is 0 Å². The number of nitrogens with zero attached hydrogens (tertiary/aromatic N) is 2. The Bertz CT molecular complexity index is 27.6. The summed E-state index contributed by atoms with van der Waals surface area (Å²) < 4.78 is 0. The molecular weight excluding hydrogens is 175 g/mol. The van der Waals surface area contributed by atoms with Gasteiger partial charge in [-0.2, -0.15) is 0 Å². The van der Waals surface area contributed by atoms with Gasteiger partial charge in [-0.25, -0.2) is 0 Å². The molecule has 0 atom stereocenters. The van der Waals surface area contributed by atoms with Crippen molar-refractivity contribution in [2.75, 3.05) is 28.2 Å². The van der Waals surface area contributed by atoms with Gasteiger partial charge < -0.3 is 17.2 Å². The van der Waals surface area contributed by atoms with Crippen molar-refractivity contribution < 1.29 is 18.6 Å². The van der Waals surface area contributed by atoms with E-state index in [0.717, 1.165) is 0 Å². The van der Waals surface area contributed by atoms with Crippen LogP contribution in [0.25, 0.3) is 0 Å². The Morgan fingerprint density at radius 1 is 0.818 bits per heavy atom. The molecule has 2 nitrogen and oxygen atoms in total. The first-order valence-electron chi connectivity index (χ1n) is 2.42. The van der Waals surface area contributed by atoms with Crippen molar-refractivity contribution in [3.05, 3.63) is 21.5 Å². The van der Waals surface area contributed by atoms with E-state index in [1.165, 1.54) is 0 Å². The smallest absolute Gasteiger partial charge is 0 e. The van der Waals surface area contributed by atoms with E-state index in [4.69, 9.17) is 0 Å². The van der Waals surface area contributed by atoms with E-state index < -0.39 is 0 Å². The van der Waals surface area contributed by atoms with Crippen molar-refractivity contribution in [2.24, 2.45) is 0 Å². The fraction of sp³-hybridized carbons (Fsp3) is 0.625. The minimum Gasteiger partial charge on any atom is -0.464 e. The fourth-order valence-electron chi connectivity index (χ4n) is 0. The van der Waals surface area contributed by atoms with Crippen molar-refractivity contribution in [3.63, 3.8) is 0 Å². The number of rotatable bonds is 0. The summed E-state index contributed by atoms with van der Waals surface area (Å²) in [6.07, 6.45) is 0. The van der Waals surface area contributed by atoms with Crippen molar-refractivity contribution in [3.8, 4) is 0 Å². The molecular formula is C8H23N2V-3. The predicted molar refractivity (Wildman–Crippen MR) is 51.2 cm³/mol. The minimum absolute atomic E-state index is 0. The molecule has 0 aromatic rings. The summed E-state index contributed by atoms with van der Waals surface area (Å²) in [5.74, 6) is 0. The normalized spacial score (nSPS) is 6.55. The molecule has 0 aliphatic rings. The van der Waals surface area contributed by atoms with Crippen LogP contribution < -0.4 is 0 Å². The molecule has 0 spiro atoms.